The molecule has 0 bridgehead atoms. The fourth-order valence-electron chi connectivity index (χ4n) is 3.66. The van der Waals surface area contributed by atoms with Gasteiger partial charge in [-0.25, -0.2) is 4.98 Å². The van der Waals surface area contributed by atoms with Crippen LogP contribution in [0, 0.1) is 6.92 Å². The third-order valence-corrected chi connectivity index (χ3v) is 5.41. The average molecular weight is 398 g/mol. The Bertz CT molecular complexity index is 1180. The molecule has 2 aromatic heterocycles. The lowest BCUT2D eigenvalue weighted by Gasteiger charge is -2.24. The van der Waals surface area contributed by atoms with Gasteiger partial charge in [-0.3, -0.25) is 4.98 Å². The van der Waals surface area contributed by atoms with Crippen LogP contribution in [0.25, 0.3) is 10.9 Å². The minimum Gasteiger partial charge on any atom is -0.505 e. The van der Waals surface area contributed by atoms with Crippen molar-refractivity contribution in [1.82, 2.24) is 9.97 Å². The summed E-state index contributed by atoms with van der Waals surface area (Å²) < 4.78 is 0. The Hall–Kier alpha value is -3.40. The van der Waals surface area contributed by atoms with Gasteiger partial charge in [0.15, 0.2) is 0 Å². The maximum Gasteiger partial charge on any atom is 0.147 e. The summed E-state index contributed by atoms with van der Waals surface area (Å²) in [5.74, 6) is 0.957. The molecule has 0 unspecified atom stereocenters. The number of anilines is 1. The van der Waals surface area contributed by atoms with E-state index in [1.807, 2.05) is 43.3 Å². The van der Waals surface area contributed by atoms with Gasteiger partial charge in [0.1, 0.15) is 17.1 Å². The third-order valence-electron chi connectivity index (χ3n) is 5.41. The number of aromatic nitrogens is 2. The first kappa shape index (κ1) is 19.9. The lowest BCUT2D eigenvalue weighted by Crippen LogP contribution is -2.15. The predicted octanol–water partition coefficient (Wildman–Crippen LogP) is 6.14. The molecule has 0 radical (unpaired) electrons. The molecule has 0 spiro atoms. The number of pyridine rings is 2. The maximum absolute atomic E-state index is 11.1. The Morgan fingerprint density at radius 1 is 0.900 bits per heavy atom. The largest absolute Gasteiger partial charge is 0.505 e. The van der Waals surface area contributed by atoms with E-state index in [4.69, 9.17) is 0 Å². The van der Waals surface area contributed by atoms with E-state index in [2.05, 4.69) is 60.3 Å². The van der Waals surface area contributed by atoms with Gasteiger partial charge in [0.25, 0.3) is 0 Å². The number of rotatable bonds is 4. The summed E-state index contributed by atoms with van der Waals surface area (Å²) >= 11 is 0. The Kier molecular flexibility index (Phi) is 5.17. The standard InChI is InChI=1S/C26H27N3O/c1-17-13-15-27-22(16-17)29-23(19-7-10-20(11-8-19)26(2,3)4)21-12-9-18-6-5-14-28-24(18)25(21)30/h5-16,23,30H,1-4H3,(H,27,29)/t23-/m1/s1. The molecule has 152 valence electrons. The number of phenolic OH excluding ortho intramolecular Hbond substituents is 1. The molecule has 0 aliphatic heterocycles. The van der Waals surface area contributed by atoms with Crippen molar-refractivity contribution in [2.45, 2.75) is 39.2 Å². The highest BCUT2D eigenvalue weighted by molar-refractivity contribution is 5.86. The van der Waals surface area contributed by atoms with E-state index in [0.29, 0.717) is 5.52 Å². The molecule has 0 amide bonds. The lowest BCUT2D eigenvalue weighted by molar-refractivity contribution is 0.471. The Morgan fingerprint density at radius 2 is 1.67 bits per heavy atom. The highest BCUT2D eigenvalue weighted by Gasteiger charge is 2.21. The second-order valence-electron chi connectivity index (χ2n) is 8.75. The Balaban J connectivity index is 1.82. The maximum atomic E-state index is 11.1. The van der Waals surface area contributed by atoms with Crippen LogP contribution in [0.1, 0.15) is 49.1 Å². The molecule has 4 nitrogen and oxygen atoms in total. The van der Waals surface area contributed by atoms with Crippen LogP contribution in [0.2, 0.25) is 0 Å². The summed E-state index contributed by atoms with van der Waals surface area (Å²) in [6, 6.07) is 20.1. The van der Waals surface area contributed by atoms with Gasteiger partial charge >= 0.3 is 0 Å². The molecule has 2 heterocycles. The van der Waals surface area contributed by atoms with Crippen LogP contribution in [-0.2, 0) is 5.41 Å². The van der Waals surface area contributed by atoms with Crippen molar-refractivity contribution in [3.8, 4) is 5.75 Å². The van der Waals surface area contributed by atoms with E-state index in [0.717, 1.165) is 27.9 Å². The molecule has 2 aromatic carbocycles. The smallest absolute Gasteiger partial charge is 0.147 e. The molecule has 4 rings (SSSR count). The van der Waals surface area contributed by atoms with E-state index >= 15 is 0 Å². The van der Waals surface area contributed by atoms with E-state index < -0.39 is 0 Å². The van der Waals surface area contributed by atoms with Crippen molar-refractivity contribution in [2.75, 3.05) is 5.32 Å². The molecular weight excluding hydrogens is 370 g/mol. The molecular formula is C26H27N3O. The topological polar surface area (TPSA) is 58.0 Å². The number of hydrogen-bond donors (Lipinski definition) is 2. The molecule has 0 fully saturated rings. The van der Waals surface area contributed by atoms with Crippen LogP contribution in [0.5, 0.6) is 5.75 Å². The molecule has 0 aliphatic carbocycles. The van der Waals surface area contributed by atoms with Crippen LogP contribution in [0.3, 0.4) is 0 Å². The van der Waals surface area contributed by atoms with E-state index in [1.165, 1.54) is 5.56 Å². The summed E-state index contributed by atoms with van der Waals surface area (Å²) in [7, 11) is 0. The van der Waals surface area contributed by atoms with Gasteiger partial charge in [0.05, 0.1) is 6.04 Å². The number of benzene rings is 2. The Morgan fingerprint density at radius 3 is 2.37 bits per heavy atom. The van der Waals surface area contributed by atoms with Gasteiger partial charge in [-0.1, -0.05) is 63.2 Å². The van der Waals surface area contributed by atoms with E-state index in [9.17, 15) is 5.11 Å². The molecule has 1 atom stereocenters. The van der Waals surface area contributed by atoms with Crippen molar-refractivity contribution >= 4 is 16.7 Å². The van der Waals surface area contributed by atoms with Gasteiger partial charge in [0, 0.05) is 23.3 Å². The Labute approximate surface area is 177 Å². The van der Waals surface area contributed by atoms with Gasteiger partial charge < -0.3 is 10.4 Å². The van der Waals surface area contributed by atoms with Crippen molar-refractivity contribution in [3.63, 3.8) is 0 Å². The van der Waals surface area contributed by atoms with Crippen LogP contribution >= 0.6 is 0 Å². The quantitative estimate of drug-likeness (QED) is 0.434. The van der Waals surface area contributed by atoms with Crippen LogP contribution < -0.4 is 5.32 Å². The zero-order valence-corrected chi connectivity index (χ0v) is 17.8. The SMILES string of the molecule is Cc1ccnc(N[C@H](c2ccc(C(C)(C)C)cc2)c2ccc3cccnc3c2O)c1. The lowest BCUT2D eigenvalue weighted by atomic mass is 9.85. The summed E-state index contributed by atoms with van der Waals surface area (Å²) in [6.07, 6.45) is 3.49. The average Bonchev–Trinajstić information content (AvgIpc) is 2.72. The first-order valence-corrected chi connectivity index (χ1v) is 10.2. The molecule has 4 aromatic rings. The second-order valence-corrected chi connectivity index (χ2v) is 8.75. The zero-order chi connectivity index (χ0) is 21.3. The van der Waals surface area contributed by atoms with Crippen molar-refractivity contribution in [3.05, 3.63) is 95.3 Å². The van der Waals surface area contributed by atoms with Gasteiger partial charge in [-0.15, -0.1) is 0 Å². The molecule has 4 heteroatoms. The number of aromatic hydroxyl groups is 1. The molecule has 0 saturated carbocycles. The third kappa shape index (κ3) is 3.99. The van der Waals surface area contributed by atoms with Crippen LogP contribution in [-0.4, -0.2) is 15.1 Å². The summed E-state index contributed by atoms with van der Waals surface area (Å²) in [4.78, 5) is 8.86. The normalized spacial score (nSPS) is 12.7. The highest BCUT2D eigenvalue weighted by Crippen LogP contribution is 2.37. The monoisotopic (exact) mass is 397 g/mol. The predicted molar refractivity (Wildman–Crippen MR) is 123 cm³/mol. The van der Waals surface area contributed by atoms with Crippen molar-refractivity contribution in [1.29, 1.82) is 0 Å². The summed E-state index contributed by atoms with van der Waals surface area (Å²) in [6.45, 7) is 8.65. The van der Waals surface area contributed by atoms with Crippen LogP contribution in [0.15, 0.2) is 73.1 Å². The molecule has 2 N–H and O–H groups in total. The minimum absolute atomic E-state index is 0.0779. The first-order valence-electron chi connectivity index (χ1n) is 10.2. The number of nitrogens with one attached hydrogen (secondary N) is 1. The summed E-state index contributed by atoms with van der Waals surface area (Å²) in [5, 5.41) is 15.5. The minimum atomic E-state index is -0.264. The van der Waals surface area contributed by atoms with Crippen LogP contribution in [0.4, 0.5) is 5.82 Å². The fourth-order valence-corrected chi connectivity index (χ4v) is 3.66. The number of phenols is 1. The van der Waals surface area contributed by atoms with E-state index in [-0.39, 0.29) is 17.2 Å². The zero-order valence-electron chi connectivity index (χ0n) is 17.8. The van der Waals surface area contributed by atoms with Gasteiger partial charge in [-0.05, 0) is 47.2 Å². The van der Waals surface area contributed by atoms with Gasteiger partial charge in [0.2, 0.25) is 0 Å². The number of nitrogens with zero attached hydrogens (tertiary/aromatic N) is 2. The number of hydrogen-bond acceptors (Lipinski definition) is 4. The molecule has 0 aliphatic rings. The first-order chi connectivity index (χ1) is 14.3. The van der Waals surface area contributed by atoms with E-state index in [1.54, 1.807) is 12.4 Å². The van der Waals surface area contributed by atoms with Gasteiger partial charge in [-0.2, -0.15) is 0 Å². The van der Waals surface area contributed by atoms with Crippen molar-refractivity contribution < 1.29 is 5.11 Å². The second kappa shape index (κ2) is 7.79. The molecule has 0 saturated heterocycles. The summed E-state index contributed by atoms with van der Waals surface area (Å²) in [5.41, 5.74) is 4.89. The highest BCUT2D eigenvalue weighted by atomic mass is 16.3. The molecule has 30 heavy (non-hydrogen) atoms. The number of aryl methyl sites for hydroxylation is 1. The van der Waals surface area contributed by atoms with Crippen molar-refractivity contribution in [2.24, 2.45) is 0 Å². The fraction of sp³-hybridized carbons (Fsp3) is 0.231. The number of fused-ring (bicyclic) bond motifs is 1.